The molecule has 0 fully saturated rings. The highest BCUT2D eigenvalue weighted by molar-refractivity contribution is 6.33. The van der Waals surface area contributed by atoms with Crippen LogP contribution < -0.4 is 4.90 Å². The van der Waals surface area contributed by atoms with E-state index in [1.165, 1.54) is 0 Å². The van der Waals surface area contributed by atoms with Crippen molar-refractivity contribution in [2.75, 3.05) is 11.4 Å². The van der Waals surface area contributed by atoms with Crippen LogP contribution in [0, 0.1) is 0 Å². The van der Waals surface area contributed by atoms with E-state index in [4.69, 9.17) is 23.2 Å². The highest BCUT2D eigenvalue weighted by Crippen LogP contribution is 2.42. The monoisotopic (exact) mass is 341 g/mol. The van der Waals surface area contributed by atoms with Gasteiger partial charge in [-0.15, -0.1) is 0 Å². The Kier molecular flexibility index (Phi) is 3.68. The number of rotatable bonds is 1. The first-order chi connectivity index (χ1) is 11.2. The molecule has 2 heterocycles. The number of anilines is 2. The third-order valence-corrected chi connectivity index (χ3v) is 4.61. The van der Waals surface area contributed by atoms with Gasteiger partial charge in [-0.05, 0) is 24.3 Å². The number of fused-ring (bicyclic) bond motifs is 3. The standard InChI is InChI=1S/C18H13Cl2N3/c19-12-5-6-13-14-10-21-11-22-16(14)7-8-23(18(13)9-12)17-4-2-1-3-15(17)20/h1-6,9-11H,7-8H2. The van der Waals surface area contributed by atoms with Crippen LogP contribution in [0.15, 0.2) is 55.0 Å². The molecule has 4 rings (SSSR count). The minimum Gasteiger partial charge on any atom is -0.339 e. The minimum atomic E-state index is 0.695. The molecule has 3 nitrogen and oxygen atoms in total. The minimum absolute atomic E-state index is 0.695. The lowest BCUT2D eigenvalue weighted by molar-refractivity contribution is 0.890. The van der Waals surface area contributed by atoms with E-state index >= 15 is 0 Å². The van der Waals surface area contributed by atoms with Crippen molar-refractivity contribution < 1.29 is 0 Å². The summed E-state index contributed by atoms with van der Waals surface area (Å²) in [5.41, 5.74) is 5.16. The van der Waals surface area contributed by atoms with Crippen molar-refractivity contribution >= 4 is 34.6 Å². The second kappa shape index (κ2) is 5.84. The maximum atomic E-state index is 6.43. The van der Waals surface area contributed by atoms with Crippen LogP contribution in [-0.4, -0.2) is 16.5 Å². The van der Waals surface area contributed by atoms with Crippen LogP contribution in [0.4, 0.5) is 11.4 Å². The van der Waals surface area contributed by atoms with Crippen LogP contribution in [-0.2, 0) is 6.42 Å². The van der Waals surface area contributed by atoms with Gasteiger partial charge in [-0.1, -0.05) is 41.4 Å². The summed E-state index contributed by atoms with van der Waals surface area (Å²) in [6.45, 7) is 0.779. The predicted molar refractivity (Wildman–Crippen MR) is 94.6 cm³/mol. The SMILES string of the molecule is Clc1ccc2c(c1)N(c1ccccc1Cl)CCc1ncncc1-2. The highest BCUT2D eigenvalue weighted by atomic mass is 35.5. The third-order valence-electron chi connectivity index (χ3n) is 4.05. The Morgan fingerprint density at radius 1 is 0.957 bits per heavy atom. The Bertz CT molecular complexity index is 880. The van der Waals surface area contributed by atoms with E-state index in [0.29, 0.717) is 5.02 Å². The van der Waals surface area contributed by atoms with Gasteiger partial charge in [-0.25, -0.2) is 9.97 Å². The van der Waals surface area contributed by atoms with E-state index in [2.05, 4.69) is 14.9 Å². The fraction of sp³-hybridized carbons (Fsp3) is 0.111. The van der Waals surface area contributed by atoms with Gasteiger partial charge in [0.25, 0.3) is 0 Å². The predicted octanol–water partition coefficient (Wildman–Crippen LogP) is 5.14. The normalized spacial score (nSPS) is 13.2. The number of halogens is 2. The lowest BCUT2D eigenvalue weighted by Crippen LogP contribution is -2.19. The molecule has 0 saturated heterocycles. The second-order valence-electron chi connectivity index (χ2n) is 5.40. The summed E-state index contributed by atoms with van der Waals surface area (Å²) in [5, 5.41) is 1.41. The number of aromatic nitrogens is 2. The summed E-state index contributed by atoms with van der Waals surface area (Å²) in [6.07, 6.45) is 4.28. The second-order valence-corrected chi connectivity index (χ2v) is 6.24. The Hall–Kier alpha value is -2.10. The molecule has 1 aromatic heterocycles. The maximum Gasteiger partial charge on any atom is 0.115 e. The zero-order chi connectivity index (χ0) is 15.8. The number of benzene rings is 2. The molecule has 0 atom stereocenters. The number of nitrogens with zero attached hydrogens (tertiary/aromatic N) is 3. The number of hydrogen-bond acceptors (Lipinski definition) is 3. The Balaban J connectivity index is 1.96. The molecule has 1 aliphatic heterocycles. The maximum absolute atomic E-state index is 6.43. The molecule has 0 spiro atoms. The third kappa shape index (κ3) is 2.56. The zero-order valence-corrected chi connectivity index (χ0v) is 13.7. The quantitative estimate of drug-likeness (QED) is 0.613. The van der Waals surface area contributed by atoms with Gasteiger partial charge in [-0.2, -0.15) is 0 Å². The summed E-state index contributed by atoms with van der Waals surface area (Å²) in [5.74, 6) is 0. The summed E-state index contributed by atoms with van der Waals surface area (Å²) in [4.78, 5) is 10.8. The van der Waals surface area contributed by atoms with Gasteiger partial charge in [0.2, 0.25) is 0 Å². The first kappa shape index (κ1) is 14.5. The van der Waals surface area contributed by atoms with Crippen LogP contribution in [0.5, 0.6) is 0 Å². The summed E-state index contributed by atoms with van der Waals surface area (Å²) < 4.78 is 0. The molecule has 0 amide bonds. The van der Waals surface area contributed by atoms with E-state index in [-0.39, 0.29) is 0 Å². The topological polar surface area (TPSA) is 29.0 Å². The Labute approximate surface area is 144 Å². The van der Waals surface area contributed by atoms with Crippen molar-refractivity contribution in [3.63, 3.8) is 0 Å². The molecule has 3 aromatic rings. The lowest BCUT2D eigenvalue weighted by Gasteiger charge is -2.26. The molecule has 0 bridgehead atoms. The van der Waals surface area contributed by atoms with Gasteiger partial charge in [-0.3, -0.25) is 0 Å². The molecule has 2 aromatic carbocycles. The van der Waals surface area contributed by atoms with Crippen LogP contribution in [0.25, 0.3) is 11.1 Å². The zero-order valence-electron chi connectivity index (χ0n) is 12.2. The average molecular weight is 342 g/mol. The molecule has 1 aliphatic rings. The van der Waals surface area contributed by atoms with Gasteiger partial charge in [0, 0.05) is 35.3 Å². The van der Waals surface area contributed by atoms with Crippen molar-refractivity contribution in [2.45, 2.75) is 6.42 Å². The van der Waals surface area contributed by atoms with E-state index in [9.17, 15) is 0 Å². The van der Waals surface area contributed by atoms with E-state index in [1.807, 2.05) is 48.7 Å². The lowest BCUT2D eigenvalue weighted by atomic mass is 10.0. The number of para-hydroxylation sites is 1. The fourth-order valence-corrected chi connectivity index (χ4v) is 3.40. The molecule has 0 N–H and O–H groups in total. The van der Waals surface area contributed by atoms with Crippen molar-refractivity contribution in [3.8, 4) is 11.1 Å². The van der Waals surface area contributed by atoms with Crippen molar-refractivity contribution in [3.05, 3.63) is 70.7 Å². The van der Waals surface area contributed by atoms with Gasteiger partial charge < -0.3 is 4.90 Å². The first-order valence-corrected chi connectivity index (χ1v) is 8.10. The summed E-state index contributed by atoms with van der Waals surface area (Å²) in [6, 6.07) is 13.7. The van der Waals surface area contributed by atoms with Crippen LogP contribution in [0.3, 0.4) is 0 Å². The van der Waals surface area contributed by atoms with Crippen molar-refractivity contribution in [1.29, 1.82) is 0 Å². The van der Waals surface area contributed by atoms with Crippen LogP contribution in [0.2, 0.25) is 10.0 Å². The molecule has 0 unspecified atom stereocenters. The summed E-state index contributed by atoms with van der Waals surface area (Å²) in [7, 11) is 0. The molecule has 0 saturated carbocycles. The Morgan fingerprint density at radius 2 is 1.83 bits per heavy atom. The molecule has 0 aliphatic carbocycles. The van der Waals surface area contributed by atoms with Crippen molar-refractivity contribution in [1.82, 2.24) is 9.97 Å². The molecule has 0 radical (unpaired) electrons. The summed E-state index contributed by atoms with van der Waals surface area (Å²) >= 11 is 12.7. The van der Waals surface area contributed by atoms with Gasteiger partial charge in [0.15, 0.2) is 0 Å². The van der Waals surface area contributed by atoms with E-state index in [0.717, 1.165) is 46.2 Å². The van der Waals surface area contributed by atoms with Gasteiger partial charge in [0.1, 0.15) is 6.33 Å². The molecule has 5 heteroatoms. The molecule has 23 heavy (non-hydrogen) atoms. The molecule has 114 valence electrons. The Morgan fingerprint density at radius 3 is 2.70 bits per heavy atom. The molecular formula is C18H13Cl2N3. The molecular weight excluding hydrogens is 329 g/mol. The first-order valence-electron chi connectivity index (χ1n) is 7.35. The van der Waals surface area contributed by atoms with Crippen LogP contribution in [0.1, 0.15) is 5.69 Å². The smallest absolute Gasteiger partial charge is 0.115 e. The fourth-order valence-electron chi connectivity index (χ4n) is 2.99. The highest BCUT2D eigenvalue weighted by Gasteiger charge is 2.23. The number of hydrogen-bond donors (Lipinski definition) is 0. The van der Waals surface area contributed by atoms with E-state index in [1.54, 1.807) is 6.33 Å². The largest absolute Gasteiger partial charge is 0.339 e. The van der Waals surface area contributed by atoms with Gasteiger partial charge >= 0.3 is 0 Å². The van der Waals surface area contributed by atoms with Gasteiger partial charge in [0.05, 0.1) is 22.1 Å². The average Bonchev–Trinajstić information content (AvgIpc) is 2.72. The van der Waals surface area contributed by atoms with Crippen molar-refractivity contribution in [2.24, 2.45) is 0 Å². The van der Waals surface area contributed by atoms with Crippen LogP contribution >= 0.6 is 23.2 Å². The van der Waals surface area contributed by atoms with E-state index < -0.39 is 0 Å².